The number of nitrogens with zero attached hydrogens (tertiary/aromatic N) is 1. The predicted octanol–water partition coefficient (Wildman–Crippen LogP) is 5.80. The molecule has 0 atom stereocenters. The van der Waals surface area contributed by atoms with Gasteiger partial charge in [0, 0.05) is 11.1 Å². The Kier molecular flexibility index (Phi) is 4.99. The van der Waals surface area contributed by atoms with Crippen LogP contribution in [0.3, 0.4) is 0 Å². The van der Waals surface area contributed by atoms with E-state index in [2.05, 4.69) is 59.3 Å². The van der Waals surface area contributed by atoms with E-state index in [1.54, 1.807) is 0 Å². The van der Waals surface area contributed by atoms with Crippen molar-refractivity contribution < 1.29 is 0 Å². The first-order chi connectivity index (χ1) is 11.8. The fraction of sp³-hybridized carbons (Fsp3) is 0.0455. The van der Waals surface area contributed by atoms with Gasteiger partial charge in [0.2, 0.25) is 0 Å². The first-order valence-electron chi connectivity index (χ1n) is 7.62. The van der Waals surface area contributed by atoms with Gasteiger partial charge in [0.1, 0.15) is 0 Å². The lowest BCUT2D eigenvalue weighted by molar-refractivity contribution is 1.44. The minimum Gasteiger partial charge on any atom is -0.195 e. The van der Waals surface area contributed by atoms with E-state index in [0.717, 1.165) is 22.4 Å². The molecule has 0 fully saturated rings. The molecule has 114 valence electrons. The van der Waals surface area contributed by atoms with Gasteiger partial charge in [-0.2, -0.15) is 4.99 Å². The first-order valence-corrected chi connectivity index (χ1v) is 8.03. The summed E-state index contributed by atoms with van der Waals surface area (Å²) in [4.78, 5) is 3.98. The Morgan fingerprint density at radius 1 is 0.792 bits per heavy atom. The van der Waals surface area contributed by atoms with Crippen LogP contribution in [0.4, 0.5) is 5.69 Å². The molecule has 3 aromatic carbocycles. The highest BCUT2D eigenvalue weighted by Crippen LogP contribution is 2.26. The van der Waals surface area contributed by atoms with Crippen molar-refractivity contribution in [3.8, 4) is 23.0 Å². The quantitative estimate of drug-likeness (QED) is 0.330. The topological polar surface area (TPSA) is 12.4 Å². The summed E-state index contributed by atoms with van der Waals surface area (Å²) in [6.07, 6.45) is 0. The third-order valence-corrected chi connectivity index (χ3v) is 3.80. The molecular weight excluding hydrogens is 310 g/mol. The number of hydrogen-bond donors (Lipinski definition) is 0. The Labute approximate surface area is 147 Å². The van der Waals surface area contributed by atoms with Gasteiger partial charge in [-0.25, -0.2) is 0 Å². The molecule has 0 N–H and O–H groups in total. The number of hydrogen-bond acceptors (Lipinski definition) is 2. The molecule has 0 aliphatic carbocycles. The lowest BCUT2D eigenvalue weighted by Gasteiger charge is -2.07. The number of isothiocyanates is 1. The number of aryl methyl sites for hydroxylation is 1. The second-order valence-electron chi connectivity index (χ2n) is 5.40. The zero-order chi connectivity index (χ0) is 16.8. The van der Waals surface area contributed by atoms with E-state index in [9.17, 15) is 0 Å². The summed E-state index contributed by atoms with van der Waals surface area (Å²) < 4.78 is 0. The predicted molar refractivity (Wildman–Crippen MR) is 104 cm³/mol. The molecule has 0 bridgehead atoms. The first kappa shape index (κ1) is 15.9. The zero-order valence-corrected chi connectivity index (χ0v) is 14.1. The van der Waals surface area contributed by atoms with Crippen LogP contribution in [0.15, 0.2) is 77.8 Å². The second-order valence-corrected chi connectivity index (χ2v) is 5.58. The molecule has 0 amide bonds. The number of aliphatic imine (C=N–C) groups is 1. The average molecular weight is 325 g/mol. The molecule has 0 unspecified atom stereocenters. The van der Waals surface area contributed by atoms with Gasteiger partial charge >= 0.3 is 0 Å². The SMILES string of the molecule is Cc1cc(C#Cc2ccccc2)ccc1-c1ccc(N=C=S)cc1. The zero-order valence-electron chi connectivity index (χ0n) is 13.3. The standard InChI is InChI=1S/C22H15NS/c1-17-15-19(8-7-18-5-3-2-4-6-18)9-14-22(17)20-10-12-21(13-11-20)23-16-24/h2-6,9-15H,1H3. The van der Waals surface area contributed by atoms with Crippen LogP contribution in [0.25, 0.3) is 11.1 Å². The van der Waals surface area contributed by atoms with Gasteiger partial charge in [-0.15, -0.1) is 0 Å². The van der Waals surface area contributed by atoms with Crippen molar-refractivity contribution in [1.29, 1.82) is 0 Å². The van der Waals surface area contributed by atoms with Crippen LogP contribution in [-0.2, 0) is 0 Å². The van der Waals surface area contributed by atoms with Gasteiger partial charge in [0.05, 0.1) is 10.8 Å². The number of rotatable bonds is 2. The van der Waals surface area contributed by atoms with Crippen molar-refractivity contribution in [1.82, 2.24) is 0 Å². The van der Waals surface area contributed by atoms with Gasteiger partial charge in [0.25, 0.3) is 0 Å². The number of benzene rings is 3. The van der Waals surface area contributed by atoms with E-state index >= 15 is 0 Å². The van der Waals surface area contributed by atoms with Crippen LogP contribution in [0.5, 0.6) is 0 Å². The van der Waals surface area contributed by atoms with Gasteiger partial charge in [-0.1, -0.05) is 48.2 Å². The molecule has 0 saturated carbocycles. The summed E-state index contributed by atoms with van der Waals surface area (Å²) in [5, 5.41) is 2.38. The average Bonchev–Trinajstić information content (AvgIpc) is 2.62. The van der Waals surface area contributed by atoms with E-state index in [4.69, 9.17) is 0 Å². The lowest BCUT2D eigenvalue weighted by atomic mass is 9.98. The maximum atomic E-state index is 4.63. The van der Waals surface area contributed by atoms with Crippen LogP contribution in [0.1, 0.15) is 16.7 Å². The third-order valence-electron chi connectivity index (χ3n) is 3.70. The Balaban J connectivity index is 1.87. The van der Waals surface area contributed by atoms with Gasteiger partial charge < -0.3 is 0 Å². The Morgan fingerprint density at radius 2 is 1.50 bits per heavy atom. The van der Waals surface area contributed by atoms with Crippen molar-refractivity contribution in [3.63, 3.8) is 0 Å². The lowest BCUT2D eigenvalue weighted by Crippen LogP contribution is -1.85. The Morgan fingerprint density at radius 3 is 2.17 bits per heavy atom. The largest absolute Gasteiger partial charge is 0.195 e. The Bertz CT molecular complexity index is 954. The maximum absolute atomic E-state index is 4.63. The monoisotopic (exact) mass is 325 g/mol. The highest BCUT2D eigenvalue weighted by atomic mass is 32.1. The Hall–Kier alpha value is -2.98. The van der Waals surface area contributed by atoms with Crippen molar-refractivity contribution in [3.05, 3.63) is 89.5 Å². The van der Waals surface area contributed by atoms with Crippen LogP contribution in [0.2, 0.25) is 0 Å². The van der Waals surface area contributed by atoms with E-state index in [1.165, 1.54) is 11.1 Å². The minimum atomic E-state index is 0.816. The molecular formula is C22H15NS. The van der Waals surface area contributed by atoms with E-state index in [1.807, 2.05) is 54.6 Å². The van der Waals surface area contributed by atoms with Crippen LogP contribution < -0.4 is 0 Å². The van der Waals surface area contributed by atoms with Crippen molar-refractivity contribution in [2.75, 3.05) is 0 Å². The maximum Gasteiger partial charge on any atom is 0.0739 e. The van der Waals surface area contributed by atoms with E-state index < -0.39 is 0 Å². The highest BCUT2D eigenvalue weighted by molar-refractivity contribution is 7.78. The molecule has 0 aliphatic heterocycles. The van der Waals surface area contributed by atoms with Crippen LogP contribution in [0, 0.1) is 18.8 Å². The number of thiocarbonyl (C=S) groups is 1. The molecule has 0 aliphatic rings. The third kappa shape index (κ3) is 3.86. The molecule has 1 nitrogen and oxygen atoms in total. The van der Waals surface area contributed by atoms with E-state index in [-0.39, 0.29) is 0 Å². The van der Waals surface area contributed by atoms with E-state index in [0.29, 0.717) is 0 Å². The second kappa shape index (κ2) is 7.53. The molecule has 0 aromatic heterocycles. The van der Waals surface area contributed by atoms with Crippen molar-refractivity contribution >= 4 is 23.1 Å². The summed E-state index contributed by atoms with van der Waals surface area (Å²) in [7, 11) is 0. The van der Waals surface area contributed by atoms with Gasteiger partial charge in [0.15, 0.2) is 0 Å². The fourth-order valence-electron chi connectivity index (χ4n) is 2.50. The molecule has 0 heterocycles. The fourth-order valence-corrected chi connectivity index (χ4v) is 2.60. The highest BCUT2D eigenvalue weighted by Gasteiger charge is 2.02. The van der Waals surface area contributed by atoms with Crippen LogP contribution in [-0.4, -0.2) is 5.16 Å². The van der Waals surface area contributed by atoms with Crippen LogP contribution >= 0.6 is 12.2 Å². The summed E-state index contributed by atoms with van der Waals surface area (Å²) in [5.41, 5.74) is 6.39. The molecule has 0 radical (unpaired) electrons. The summed E-state index contributed by atoms with van der Waals surface area (Å²) in [5.74, 6) is 6.41. The summed E-state index contributed by atoms with van der Waals surface area (Å²) >= 11 is 4.63. The van der Waals surface area contributed by atoms with Gasteiger partial charge in [-0.3, -0.25) is 0 Å². The van der Waals surface area contributed by atoms with Gasteiger partial charge in [-0.05, 0) is 72.2 Å². The normalized spacial score (nSPS) is 9.54. The minimum absolute atomic E-state index is 0.816. The smallest absolute Gasteiger partial charge is 0.0739 e. The molecule has 3 rings (SSSR count). The molecule has 24 heavy (non-hydrogen) atoms. The summed E-state index contributed by atoms with van der Waals surface area (Å²) in [6.45, 7) is 2.10. The molecule has 0 saturated heterocycles. The van der Waals surface area contributed by atoms with Crippen molar-refractivity contribution in [2.45, 2.75) is 6.92 Å². The summed E-state index contributed by atoms with van der Waals surface area (Å²) in [6, 6.07) is 24.3. The molecule has 3 aromatic rings. The van der Waals surface area contributed by atoms with Crippen molar-refractivity contribution in [2.24, 2.45) is 4.99 Å². The molecule has 0 spiro atoms. The molecule has 2 heteroatoms.